The number of rotatable bonds is 5. The van der Waals surface area contributed by atoms with Gasteiger partial charge >= 0.3 is 0 Å². The smallest absolute Gasteiger partial charge is 0.228 e. The maximum absolute atomic E-state index is 12.5. The highest BCUT2D eigenvalue weighted by atomic mass is 79.9. The van der Waals surface area contributed by atoms with Gasteiger partial charge in [-0.25, -0.2) is 0 Å². The first kappa shape index (κ1) is 20.0. The van der Waals surface area contributed by atoms with Crippen molar-refractivity contribution in [2.75, 3.05) is 5.32 Å². The monoisotopic (exact) mass is 484 g/mol. The molecule has 7 nitrogen and oxygen atoms in total. The summed E-state index contributed by atoms with van der Waals surface area (Å²) in [7, 11) is 0. The average molecular weight is 485 g/mol. The van der Waals surface area contributed by atoms with Gasteiger partial charge in [0.15, 0.2) is 11.5 Å². The van der Waals surface area contributed by atoms with Gasteiger partial charge in [-0.15, -0.1) is 10.2 Å². The Balaban J connectivity index is 1.40. The Labute approximate surface area is 192 Å². The minimum Gasteiger partial charge on any atom is -0.326 e. The minimum absolute atomic E-state index is 0.0782. The van der Waals surface area contributed by atoms with Gasteiger partial charge < -0.3 is 5.32 Å². The normalized spacial score (nSPS) is 10.9. The minimum atomic E-state index is -0.0782. The summed E-state index contributed by atoms with van der Waals surface area (Å²) in [6, 6.07) is 22.8. The fourth-order valence-corrected chi connectivity index (χ4v) is 3.63. The quantitative estimate of drug-likeness (QED) is 0.387. The van der Waals surface area contributed by atoms with Gasteiger partial charge in [-0.05, 0) is 54.1 Å². The van der Waals surface area contributed by atoms with Crippen LogP contribution < -0.4 is 5.32 Å². The molecule has 0 aliphatic rings. The van der Waals surface area contributed by atoms with Gasteiger partial charge in [0.2, 0.25) is 5.91 Å². The zero-order chi connectivity index (χ0) is 21.9. The lowest BCUT2D eigenvalue weighted by Gasteiger charge is -2.08. The summed E-state index contributed by atoms with van der Waals surface area (Å²) in [6.07, 6.45) is 3.74. The van der Waals surface area contributed by atoms with E-state index < -0.39 is 0 Å². The predicted molar refractivity (Wildman–Crippen MR) is 126 cm³/mol. The molecule has 0 aliphatic carbocycles. The zero-order valence-corrected chi connectivity index (χ0v) is 18.4. The maximum atomic E-state index is 12.5. The van der Waals surface area contributed by atoms with Gasteiger partial charge in [-0.3, -0.25) is 9.78 Å². The third kappa shape index (κ3) is 4.26. The fraction of sp³-hybridized carbons (Fsp3) is 0.0417. The van der Waals surface area contributed by atoms with Crippen LogP contribution in [0, 0.1) is 0 Å². The van der Waals surface area contributed by atoms with Crippen molar-refractivity contribution >= 4 is 33.2 Å². The van der Waals surface area contributed by atoms with E-state index in [1.54, 1.807) is 16.9 Å². The molecule has 0 unspecified atom stereocenters. The summed E-state index contributed by atoms with van der Waals surface area (Å²) in [6.45, 7) is 0. The number of nitrogens with one attached hydrogen (secondary N) is 1. The van der Waals surface area contributed by atoms with Crippen molar-refractivity contribution in [2.45, 2.75) is 6.42 Å². The van der Waals surface area contributed by atoms with E-state index in [-0.39, 0.29) is 5.91 Å². The molecule has 3 heterocycles. The Morgan fingerprint density at radius 1 is 0.938 bits per heavy atom. The van der Waals surface area contributed by atoms with Crippen LogP contribution in [-0.4, -0.2) is 30.7 Å². The van der Waals surface area contributed by atoms with Crippen LogP contribution in [0.25, 0.3) is 28.3 Å². The molecule has 0 bridgehead atoms. The largest absolute Gasteiger partial charge is 0.326 e. The van der Waals surface area contributed by atoms with Gasteiger partial charge in [-0.1, -0.05) is 40.2 Å². The first-order valence-corrected chi connectivity index (χ1v) is 10.7. The summed E-state index contributed by atoms with van der Waals surface area (Å²) in [5.41, 5.74) is 4.75. The van der Waals surface area contributed by atoms with Crippen molar-refractivity contribution in [1.82, 2.24) is 24.8 Å². The highest BCUT2D eigenvalue weighted by Gasteiger charge is 2.12. The number of benzene rings is 2. The summed E-state index contributed by atoms with van der Waals surface area (Å²) in [5.74, 6) is 0.541. The van der Waals surface area contributed by atoms with Crippen LogP contribution in [-0.2, 0) is 11.2 Å². The molecule has 156 valence electrons. The van der Waals surface area contributed by atoms with Crippen LogP contribution >= 0.6 is 15.9 Å². The number of anilines is 1. The molecule has 2 aromatic carbocycles. The Morgan fingerprint density at radius 2 is 1.78 bits per heavy atom. The van der Waals surface area contributed by atoms with Gasteiger partial charge in [-0.2, -0.15) is 9.61 Å². The zero-order valence-electron chi connectivity index (χ0n) is 16.8. The first-order chi connectivity index (χ1) is 15.7. The number of fused-ring (bicyclic) bond motifs is 1. The van der Waals surface area contributed by atoms with E-state index >= 15 is 0 Å². The van der Waals surface area contributed by atoms with E-state index in [1.165, 1.54) is 0 Å². The predicted octanol–water partition coefficient (Wildman–Crippen LogP) is 4.80. The fourth-order valence-electron chi connectivity index (χ4n) is 3.37. The number of aromatic nitrogens is 5. The molecule has 0 saturated carbocycles. The molecule has 0 aliphatic heterocycles. The molecule has 5 aromatic rings. The molecule has 1 N–H and O–H groups in total. The molecule has 3 aromatic heterocycles. The SMILES string of the molecule is O=C(Cc1ccc(Br)cc1)Nc1cccc(-c2ccc3nnc(-c4cccnc4)n3n2)c1. The maximum Gasteiger partial charge on any atom is 0.228 e. The van der Waals surface area contributed by atoms with Crippen LogP contribution in [0.5, 0.6) is 0 Å². The van der Waals surface area contributed by atoms with Crippen LogP contribution in [0.3, 0.4) is 0 Å². The second-order valence-electron chi connectivity index (χ2n) is 7.19. The van der Waals surface area contributed by atoms with Crippen molar-refractivity contribution < 1.29 is 4.79 Å². The molecule has 0 radical (unpaired) electrons. The molecular formula is C24H17BrN6O. The third-order valence-corrected chi connectivity index (χ3v) is 5.43. The Bertz CT molecular complexity index is 1400. The number of pyridine rings is 1. The standard InChI is InChI=1S/C24H17BrN6O/c25-19-8-6-16(7-9-19)13-23(32)27-20-5-1-3-17(14-20)21-10-11-22-28-29-24(31(22)30-21)18-4-2-12-26-15-18/h1-12,14-15H,13H2,(H,27,32). The number of carbonyl (C=O) groups is 1. The van der Waals surface area contributed by atoms with Gasteiger partial charge in [0.05, 0.1) is 12.1 Å². The second-order valence-corrected chi connectivity index (χ2v) is 8.10. The van der Waals surface area contributed by atoms with Crippen molar-refractivity contribution in [3.05, 3.63) is 95.2 Å². The van der Waals surface area contributed by atoms with Crippen LogP contribution in [0.2, 0.25) is 0 Å². The Kier molecular flexibility index (Phi) is 5.43. The Morgan fingerprint density at radius 3 is 2.59 bits per heavy atom. The van der Waals surface area contributed by atoms with E-state index in [0.717, 1.165) is 26.9 Å². The number of hydrogen-bond acceptors (Lipinski definition) is 5. The van der Waals surface area contributed by atoms with E-state index in [4.69, 9.17) is 5.10 Å². The van der Waals surface area contributed by atoms with Gasteiger partial charge in [0.1, 0.15) is 0 Å². The number of halogens is 1. The first-order valence-electron chi connectivity index (χ1n) is 9.93. The average Bonchev–Trinajstić information content (AvgIpc) is 3.25. The summed E-state index contributed by atoms with van der Waals surface area (Å²) < 4.78 is 2.68. The number of hydrogen-bond donors (Lipinski definition) is 1. The van der Waals surface area contributed by atoms with Crippen molar-refractivity contribution in [2.24, 2.45) is 0 Å². The molecule has 0 fully saturated rings. The summed E-state index contributed by atoms with van der Waals surface area (Å²) in [4.78, 5) is 16.6. The van der Waals surface area contributed by atoms with Crippen molar-refractivity contribution in [1.29, 1.82) is 0 Å². The summed E-state index contributed by atoms with van der Waals surface area (Å²) >= 11 is 3.41. The topological polar surface area (TPSA) is 85.1 Å². The van der Waals surface area contributed by atoms with Crippen LogP contribution in [0.4, 0.5) is 5.69 Å². The van der Waals surface area contributed by atoms with E-state index in [1.807, 2.05) is 72.8 Å². The highest BCUT2D eigenvalue weighted by molar-refractivity contribution is 9.10. The number of nitrogens with zero attached hydrogens (tertiary/aromatic N) is 5. The molecule has 5 rings (SSSR count). The van der Waals surface area contributed by atoms with Crippen molar-refractivity contribution in [3.63, 3.8) is 0 Å². The highest BCUT2D eigenvalue weighted by Crippen LogP contribution is 2.23. The Hall–Kier alpha value is -3.91. The molecule has 0 spiro atoms. The third-order valence-electron chi connectivity index (χ3n) is 4.90. The lowest BCUT2D eigenvalue weighted by Crippen LogP contribution is -2.14. The lowest BCUT2D eigenvalue weighted by molar-refractivity contribution is -0.115. The molecule has 8 heteroatoms. The molecule has 0 atom stereocenters. The molecular weight excluding hydrogens is 468 g/mol. The van der Waals surface area contributed by atoms with Crippen LogP contribution in [0.1, 0.15) is 5.56 Å². The molecule has 1 amide bonds. The number of amides is 1. The summed E-state index contributed by atoms with van der Waals surface area (Å²) in [5, 5.41) is 16.1. The number of carbonyl (C=O) groups excluding carboxylic acids is 1. The molecule has 0 saturated heterocycles. The lowest BCUT2D eigenvalue weighted by atomic mass is 10.1. The van der Waals surface area contributed by atoms with Gasteiger partial charge in [0.25, 0.3) is 0 Å². The van der Waals surface area contributed by atoms with Gasteiger partial charge in [0, 0.05) is 33.7 Å². The van der Waals surface area contributed by atoms with E-state index in [0.29, 0.717) is 23.6 Å². The second kappa shape index (κ2) is 8.68. The molecule has 32 heavy (non-hydrogen) atoms. The van der Waals surface area contributed by atoms with E-state index in [9.17, 15) is 4.79 Å². The van der Waals surface area contributed by atoms with Crippen LogP contribution in [0.15, 0.2) is 89.7 Å². The van der Waals surface area contributed by atoms with E-state index in [2.05, 4.69) is 36.4 Å². The van der Waals surface area contributed by atoms with Crippen molar-refractivity contribution in [3.8, 4) is 22.6 Å².